The Balaban J connectivity index is 2.77. The molecule has 0 saturated heterocycles. The Bertz CT molecular complexity index is 489. The molecule has 0 aliphatic carbocycles. The third-order valence-corrected chi connectivity index (χ3v) is 3.24. The number of nitrogens with zero attached hydrogens (tertiary/aromatic N) is 2. The number of hydrogen-bond acceptors (Lipinski definition) is 2. The van der Waals surface area contributed by atoms with E-state index in [1.54, 1.807) is 12.1 Å². The minimum absolute atomic E-state index is 0.442. The van der Waals surface area contributed by atoms with Crippen LogP contribution in [0.4, 0.5) is 0 Å². The maximum absolute atomic E-state index is 9.33. The van der Waals surface area contributed by atoms with E-state index in [-0.39, 0.29) is 0 Å². The van der Waals surface area contributed by atoms with Gasteiger partial charge in [0.2, 0.25) is 0 Å². The first-order valence-corrected chi connectivity index (χ1v) is 6.75. The lowest BCUT2D eigenvalue weighted by Gasteiger charge is -2.17. The molecule has 0 unspecified atom stereocenters. The van der Waals surface area contributed by atoms with Gasteiger partial charge in [-0.05, 0) is 37.0 Å². The van der Waals surface area contributed by atoms with Crippen molar-refractivity contribution in [3.63, 3.8) is 0 Å². The van der Waals surface area contributed by atoms with Crippen molar-refractivity contribution in [2.75, 3.05) is 0 Å². The molecule has 19 heavy (non-hydrogen) atoms. The molecule has 0 aliphatic rings. The highest BCUT2D eigenvalue weighted by Gasteiger charge is 2.29. The number of allylic oxidation sites excluding steroid dienone is 2. The maximum Gasteiger partial charge on any atom is 0.148 e. The van der Waals surface area contributed by atoms with Gasteiger partial charge in [-0.2, -0.15) is 10.5 Å². The van der Waals surface area contributed by atoms with Crippen molar-refractivity contribution in [2.45, 2.75) is 32.6 Å². The van der Waals surface area contributed by atoms with Crippen molar-refractivity contribution >= 4 is 11.6 Å². The van der Waals surface area contributed by atoms with E-state index in [0.29, 0.717) is 17.9 Å². The molecule has 0 atom stereocenters. The number of benzene rings is 1. The van der Waals surface area contributed by atoms with Crippen molar-refractivity contribution in [1.29, 1.82) is 10.5 Å². The Morgan fingerprint density at radius 2 is 1.79 bits per heavy atom. The Hall–Kier alpha value is -1.77. The van der Waals surface area contributed by atoms with Crippen molar-refractivity contribution in [3.05, 3.63) is 47.0 Å². The molecular formula is C16H17ClN2. The van der Waals surface area contributed by atoms with Gasteiger partial charge < -0.3 is 0 Å². The fourth-order valence-corrected chi connectivity index (χ4v) is 2.00. The summed E-state index contributed by atoms with van der Waals surface area (Å²) in [5.74, 6) is 0. The molecule has 3 heteroatoms. The van der Waals surface area contributed by atoms with Crippen molar-refractivity contribution < 1.29 is 0 Å². The SMILES string of the molecule is CC/C=C\CCC(C#N)(C#N)Cc1ccc(Cl)cc1. The highest BCUT2D eigenvalue weighted by Crippen LogP contribution is 2.28. The molecule has 0 bridgehead atoms. The highest BCUT2D eigenvalue weighted by atomic mass is 35.5. The predicted octanol–water partition coefficient (Wildman–Crippen LogP) is 4.66. The summed E-state index contributed by atoms with van der Waals surface area (Å²) in [6, 6.07) is 11.7. The molecule has 0 aliphatic heterocycles. The van der Waals surface area contributed by atoms with Gasteiger partial charge in [0.15, 0.2) is 0 Å². The summed E-state index contributed by atoms with van der Waals surface area (Å²) < 4.78 is 0. The van der Waals surface area contributed by atoms with Crippen LogP contribution in [0.25, 0.3) is 0 Å². The van der Waals surface area contributed by atoms with Crippen LogP contribution in [0.15, 0.2) is 36.4 Å². The van der Waals surface area contributed by atoms with Crippen LogP contribution in [-0.2, 0) is 6.42 Å². The lowest BCUT2D eigenvalue weighted by Crippen LogP contribution is -2.19. The zero-order valence-corrected chi connectivity index (χ0v) is 11.8. The Kier molecular flexibility index (Phi) is 6.13. The van der Waals surface area contributed by atoms with Gasteiger partial charge in [0.1, 0.15) is 5.41 Å². The average molecular weight is 273 g/mol. The molecule has 2 nitrogen and oxygen atoms in total. The lowest BCUT2D eigenvalue weighted by molar-refractivity contribution is 0.478. The summed E-state index contributed by atoms with van der Waals surface area (Å²) in [5.41, 5.74) is 0.0123. The third kappa shape index (κ3) is 4.78. The summed E-state index contributed by atoms with van der Waals surface area (Å²) in [5, 5.41) is 19.3. The molecule has 0 fully saturated rings. The maximum atomic E-state index is 9.33. The van der Waals surface area contributed by atoms with E-state index in [2.05, 4.69) is 25.1 Å². The highest BCUT2D eigenvalue weighted by molar-refractivity contribution is 6.30. The van der Waals surface area contributed by atoms with Crippen molar-refractivity contribution in [3.8, 4) is 12.1 Å². The largest absolute Gasteiger partial charge is 0.197 e. The first-order chi connectivity index (χ1) is 9.15. The first kappa shape index (κ1) is 15.3. The quantitative estimate of drug-likeness (QED) is 0.707. The molecule has 1 aromatic carbocycles. The van der Waals surface area contributed by atoms with E-state index in [0.717, 1.165) is 18.4 Å². The van der Waals surface area contributed by atoms with E-state index in [1.165, 1.54) is 0 Å². The van der Waals surface area contributed by atoms with Gasteiger partial charge in [-0.3, -0.25) is 0 Å². The molecule has 0 amide bonds. The lowest BCUT2D eigenvalue weighted by atomic mass is 9.80. The van der Waals surface area contributed by atoms with Crippen LogP contribution in [0.3, 0.4) is 0 Å². The molecule has 0 heterocycles. The van der Waals surface area contributed by atoms with E-state index in [4.69, 9.17) is 11.6 Å². The second kappa shape index (κ2) is 7.62. The molecule has 0 spiro atoms. The van der Waals surface area contributed by atoms with E-state index in [1.807, 2.05) is 18.2 Å². The van der Waals surface area contributed by atoms with E-state index >= 15 is 0 Å². The van der Waals surface area contributed by atoms with Crippen molar-refractivity contribution in [2.24, 2.45) is 5.41 Å². The van der Waals surface area contributed by atoms with Crippen molar-refractivity contribution in [1.82, 2.24) is 0 Å². The van der Waals surface area contributed by atoms with Gasteiger partial charge in [0, 0.05) is 11.4 Å². The van der Waals surface area contributed by atoms with Gasteiger partial charge in [-0.25, -0.2) is 0 Å². The number of rotatable bonds is 6. The second-order valence-corrected chi connectivity index (χ2v) is 4.96. The predicted molar refractivity (Wildman–Crippen MR) is 77.5 cm³/mol. The number of hydrogen-bond donors (Lipinski definition) is 0. The molecule has 1 rings (SSSR count). The normalized spacial score (nSPS) is 11.2. The monoisotopic (exact) mass is 272 g/mol. The number of nitriles is 2. The average Bonchev–Trinajstić information content (AvgIpc) is 2.45. The Morgan fingerprint density at radius 3 is 2.32 bits per heavy atom. The fraction of sp³-hybridized carbons (Fsp3) is 0.375. The number of halogens is 1. The van der Waals surface area contributed by atoms with Crippen LogP contribution < -0.4 is 0 Å². The van der Waals surface area contributed by atoms with Crippen LogP contribution >= 0.6 is 11.6 Å². The summed E-state index contributed by atoms with van der Waals surface area (Å²) >= 11 is 5.83. The molecule has 0 aromatic heterocycles. The van der Waals surface area contributed by atoms with Crippen LogP contribution in [-0.4, -0.2) is 0 Å². The summed E-state index contributed by atoms with van der Waals surface area (Å²) in [6.45, 7) is 2.06. The summed E-state index contributed by atoms with van der Waals surface area (Å²) in [4.78, 5) is 0. The third-order valence-electron chi connectivity index (χ3n) is 2.99. The fourth-order valence-electron chi connectivity index (χ4n) is 1.87. The van der Waals surface area contributed by atoms with Gasteiger partial charge in [-0.1, -0.05) is 42.8 Å². The van der Waals surface area contributed by atoms with Gasteiger partial charge >= 0.3 is 0 Å². The molecule has 0 N–H and O–H groups in total. The standard InChI is InChI=1S/C16H17ClN2/c1-2-3-4-5-10-16(12-18,13-19)11-14-6-8-15(17)9-7-14/h3-4,6-9H,2,5,10-11H2,1H3/b4-3-. The van der Waals surface area contributed by atoms with Crippen LogP contribution in [0.1, 0.15) is 31.7 Å². The van der Waals surface area contributed by atoms with Gasteiger partial charge in [0.05, 0.1) is 12.1 Å². The smallest absolute Gasteiger partial charge is 0.148 e. The molecular weight excluding hydrogens is 256 g/mol. The summed E-state index contributed by atoms with van der Waals surface area (Å²) in [7, 11) is 0. The topological polar surface area (TPSA) is 47.6 Å². The Labute approximate surface area is 119 Å². The molecule has 98 valence electrons. The minimum Gasteiger partial charge on any atom is -0.197 e. The van der Waals surface area contributed by atoms with Crippen LogP contribution in [0, 0.1) is 28.1 Å². The Morgan fingerprint density at radius 1 is 1.16 bits per heavy atom. The van der Waals surface area contributed by atoms with E-state index in [9.17, 15) is 10.5 Å². The van der Waals surface area contributed by atoms with Gasteiger partial charge in [-0.15, -0.1) is 0 Å². The first-order valence-electron chi connectivity index (χ1n) is 6.38. The second-order valence-electron chi connectivity index (χ2n) is 4.53. The zero-order valence-electron chi connectivity index (χ0n) is 11.1. The molecule has 0 radical (unpaired) electrons. The minimum atomic E-state index is -0.952. The zero-order chi connectivity index (χ0) is 14.1. The molecule has 1 aromatic rings. The van der Waals surface area contributed by atoms with Crippen LogP contribution in [0.2, 0.25) is 5.02 Å². The summed E-state index contributed by atoms with van der Waals surface area (Å²) in [6.07, 6.45) is 6.81. The van der Waals surface area contributed by atoms with E-state index < -0.39 is 5.41 Å². The molecule has 0 saturated carbocycles. The van der Waals surface area contributed by atoms with Crippen LogP contribution in [0.5, 0.6) is 0 Å². The van der Waals surface area contributed by atoms with Gasteiger partial charge in [0.25, 0.3) is 0 Å².